The van der Waals surface area contributed by atoms with Crippen LogP contribution >= 0.6 is 0 Å². The lowest BCUT2D eigenvalue weighted by Gasteiger charge is -2.37. The Hall–Kier alpha value is -3.19. The molecule has 0 spiro atoms. The summed E-state index contributed by atoms with van der Waals surface area (Å²) in [4.78, 5) is 0. The lowest BCUT2D eigenvalue weighted by atomic mass is 9.65. The van der Waals surface area contributed by atoms with Crippen LogP contribution in [0, 0.1) is 5.82 Å². The summed E-state index contributed by atoms with van der Waals surface area (Å²) in [6.07, 6.45) is 0. The topological polar surface area (TPSA) is 0 Å². The molecule has 0 N–H and O–H groups in total. The summed E-state index contributed by atoms with van der Waals surface area (Å²) < 4.78 is 15.1. The van der Waals surface area contributed by atoms with Gasteiger partial charge in [0.15, 0.2) is 0 Å². The molecule has 0 heterocycles. The highest BCUT2D eigenvalue weighted by Gasteiger charge is 2.39. The Morgan fingerprint density at radius 3 is 1.15 bits per heavy atom. The van der Waals surface area contributed by atoms with E-state index in [1.807, 2.05) is 66.7 Å². The first-order valence-corrected chi connectivity index (χ1v) is 8.75. The first-order valence-electron chi connectivity index (χ1n) is 8.75. The zero-order valence-electron chi connectivity index (χ0n) is 14.3. The molecule has 4 rings (SSSR count). The van der Waals surface area contributed by atoms with E-state index < -0.39 is 5.41 Å². The monoisotopic (exact) mass is 338 g/mol. The van der Waals surface area contributed by atoms with Crippen LogP contribution in [0.4, 0.5) is 4.39 Å². The molecule has 0 radical (unpaired) electrons. The average molecular weight is 338 g/mol. The Bertz CT molecular complexity index is 879. The standard InChI is InChI=1S/C25H19F/c26-24-19-11-10-18-23(24)25(20-12-4-1-5-13-20,21-14-6-2-7-15-21)22-16-8-3-9-17-22/h1-19H. The van der Waals surface area contributed by atoms with E-state index in [9.17, 15) is 0 Å². The zero-order valence-corrected chi connectivity index (χ0v) is 14.3. The summed E-state index contributed by atoms with van der Waals surface area (Å²) in [5, 5.41) is 0. The van der Waals surface area contributed by atoms with Crippen molar-refractivity contribution in [1.82, 2.24) is 0 Å². The van der Waals surface area contributed by atoms with E-state index in [2.05, 4.69) is 36.4 Å². The van der Waals surface area contributed by atoms with E-state index in [0.717, 1.165) is 16.7 Å². The maximum absolute atomic E-state index is 15.1. The molecule has 4 aromatic carbocycles. The molecule has 4 aromatic rings. The molecule has 126 valence electrons. The van der Waals surface area contributed by atoms with E-state index in [0.29, 0.717) is 5.56 Å². The van der Waals surface area contributed by atoms with Crippen molar-refractivity contribution in [3.63, 3.8) is 0 Å². The van der Waals surface area contributed by atoms with Gasteiger partial charge in [-0.3, -0.25) is 0 Å². The molecule has 1 heteroatoms. The van der Waals surface area contributed by atoms with Crippen LogP contribution in [0.25, 0.3) is 0 Å². The van der Waals surface area contributed by atoms with Crippen LogP contribution in [0.2, 0.25) is 0 Å². The van der Waals surface area contributed by atoms with Crippen molar-refractivity contribution < 1.29 is 4.39 Å². The van der Waals surface area contributed by atoms with Crippen molar-refractivity contribution in [2.45, 2.75) is 5.41 Å². The van der Waals surface area contributed by atoms with E-state index in [4.69, 9.17) is 0 Å². The maximum atomic E-state index is 15.1. The SMILES string of the molecule is Fc1ccccc1C(c1ccccc1)(c1ccccc1)c1ccccc1. The van der Waals surface area contributed by atoms with Crippen LogP contribution in [0.1, 0.15) is 22.3 Å². The van der Waals surface area contributed by atoms with Gasteiger partial charge in [0.1, 0.15) is 5.82 Å². The molecule has 0 nitrogen and oxygen atoms in total. The molecule has 26 heavy (non-hydrogen) atoms. The minimum absolute atomic E-state index is 0.205. The van der Waals surface area contributed by atoms with E-state index in [-0.39, 0.29) is 5.82 Å². The van der Waals surface area contributed by atoms with Gasteiger partial charge in [-0.25, -0.2) is 4.39 Å². The molecule has 0 aliphatic rings. The van der Waals surface area contributed by atoms with Crippen molar-refractivity contribution in [1.29, 1.82) is 0 Å². The van der Waals surface area contributed by atoms with Gasteiger partial charge >= 0.3 is 0 Å². The van der Waals surface area contributed by atoms with E-state index in [1.54, 1.807) is 12.1 Å². The largest absolute Gasteiger partial charge is 0.207 e. The fourth-order valence-corrected chi connectivity index (χ4v) is 3.80. The van der Waals surface area contributed by atoms with Crippen molar-refractivity contribution >= 4 is 0 Å². The molecule has 0 aliphatic carbocycles. The van der Waals surface area contributed by atoms with Gasteiger partial charge in [-0.05, 0) is 22.8 Å². The van der Waals surface area contributed by atoms with Gasteiger partial charge in [0, 0.05) is 5.56 Å². The molecule has 0 saturated heterocycles. The predicted octanol–water partition coefficient (Wildman–Crippen LogP) is 6.21. The van der Waals surface area contributed by atoms with Crippen molar-refractivity contribution in [3.05, 3.63) is 143 Å². The minimum Gasteiger partial charge on any atom is -0.207 e. The summed E-state index contributed by atoms with van der Waals surface area (Å²) in [5.74, 6) is -0.205. The summed E-state index contributed by atoms with van der Waals surface area (Å²) in [6.45, 7) is 0. The third-order valence-corrected chi connectivity index (χ3v) is 4.90. The Kier molecular flexibility index (Phi) is 4.37. The molecule has 0 amide bonds. The second-order valence-electron chi connectivity index (χ2n) is 6.33. The highest BCUT2D eigenvalue weighted by Crippen LogP contribution is 2.45. The third kappa shape index (κ3) is 2.62. The third-order valence-electron chi connectivity index (χ3n) is 4.90. The average Bonchev–Trinajstić information content (AvgIpc) is 2.72. The highest BCUT2D eigenvalue weighted by molar-refractivity contribution is 5.59. The maximum Gasteiger partial charge on any atom is 0.127 e. The first-order chi connectivity index (χ1) is 12.8. The van der Waals surface area contributed by atoms with Crippen LogP contribution in [-0.2, 0) is 5.41 Å². The van der Waals surface area contributed by atoms with Gasteiger partial charge in [-0.2, -0.15) is 0 Å². The summed E-state index contributed by atoms with van der Waals surface area (Å²) in [7, 11) is 0. The van der Waals surface area contributed by atoms with Crippen LogP contribution in [0.3, 0.4) is 0 Å². The van der Waals surface area contributed by atoms with Crippen LogP contribution < -0.4 is 0 Å². The summed E-state index contributed by atoms with van der Waals surface area (Å²) in [5.41, 5.74) is 3.07. The van der Waals surface area contributed by atoms with Crippen LogP contribution in [0.15, 0.2) is 115 Å². The first kappa shape index (κ1) is 16.3. The predicted molar refractivity (Wildman–Crippen MR) is 105 cm³/mol. The number of rotatable bonds is 4. The van der Waals surface area contributed by atoms with Crippen LogP contribution in [-0.4, -0.2) is 0 Å². The molecule has 0 atom stereocenters. The lowest BCUT2D eigenvalue weighted by Crippen LogP contribution is -2.32. The second kappa shape index (κ2) is 6.97. The summed E-state index contributed by atoms with van der Waals surface area (Å²) >= 11 is 0. The fraction of sp³-hybridized carbons (Fsp3) is 0.0400. The van der Waals surface area contributed by atoms with Crippen molar-refractivity contribution in [2.24, 2.45) is 0 Å². The Labute approximate surface area is 153 Å². The molecular weight excluding hydrogens is 319 g/mol. The summed E-state index contributed by atoms with van der Waals surface area (Å²) in [6, 6.07) is 37.6. The molecule has 0 bridgehead atoms. The Morgan fingerprint density at radius 2 is 0.769 bits per heavy atom. The molecule has 0 unspecified atom stereocenters. The van der Waals surface area contributed by atoms with Gasteiger partial charge in [-0.15, -0.1) is 0 Å². The van der Waals surface area contributed by atoms with E-state index in [1.165, 1.54) is 0 Å². The Balaban J connectivity index is 2.17. The van der Waals surface area contributed by atoms with Gasteiger partial charge < -0.3 is 0 Å². The smallest absolute Gasteiger partial charge is 0.127 e. The van der Waals surface area contributed by atoms with Gasteiger partial charge in [0.25, 0.3) is 0 Å². The number of halogens is 1. The van der Waals surface area contributed by atoms with Crippen molar-refractivity contribution in [3.8, 4) is 0 Å². The molecule has 0 aromatic heterocycles. The van der Waals surface area contributed by atoms with Gasteiger partial charge in [-0.1, -0.05) is 109 Å². The minimum atomic E-state index is -0.713. The zero-order chi connectivity index (χ0) is 17.8. The van der Waals surface area contributed by atoms with E-state index >= 15 is 4.39 Å². The number of hydrogen-bond donors (Lipinski definition) is 0. The second-order valence-corrected chi connectivity index (χ2v) is 6.33. The highest BCUT2D eigenvalue weighted by atomic mass is 19.1. The van der Waals surface area contributed by atoms with Crippen LogP contribution in [0.5, 0.6) is 0 Å². The molecule has 0 saturated carbocycles. The number of hydrogen-bond acceptors (Lipinski definition) is 0. The lowest BCUT2D eigenvalue weighted by molar-refractivity contribution is 0.581. The van der Waals surface area contributed by atoms with Gasteiger partial charge in [0.2, 0.25) is 0 Å². The normalized spacial score (nSPS) is 11.3. The van der Waals surface area contributed by atoms with Gasteiger partial charge in [0.05, 0.1) is 5.41 Å². The molecular formula is C25H19F. The molecule has 0 aliphatic heterocycles. The van der Waals surface area contributed by atoms with Crippen molar-refractivity contribution in [2.75, 3.05) is 0 Å². The Morgan fingerprint density at radius 1 is 0.423 bits per heavy atom. The fourth-order valence-electron chi connectivity index (χ4n) is 3.80. The number of benzene rings is 4. The molecule has 0 fully saturated rings. The quantitative estimate of drug-likeness (QED) is 0.388.